The summed E-state index contributed by atoms with van der Waals surface area (Å²) < 4.78 is 12.8. The van der Waals surface area contributed by atoms with E-state index >= 15 is 0 Å². The summed E-state index contributed by atoms with van der Waals surface area (Å²) in [4.78, 5) is 0. The summed E-state index contributed by atoms with van der Waals surface area (Å²) in [7, 11) is 0. The molecular formula is C15H13Br2NO2. The molecule has 0 spiro atoms. The quantitative estimate of drug-likeness (QED) is 0.800. The van der Waals surface area contributed by atoms with E-state index in [1.54, 1.807) is 0 Å². The largest absolute Gasteiger partial charge is 0.454 e. The molecule has 2 aromatic rings. The van der Waals surface area contributed by atoms with Crippen molar-refractivity contribution in [3.05, 3.63) is 50.4 Å². The van der Waals surface area contributed by atoms with Crippen LogP contribution in [0.1, 0.15) is 11.1 Å². The summed E-state index contributed by atoms with van der Waals surface area (Å²) in [6.07, 6.45) is 0. The molecule has 5 heteroatoms. The highest BCUT2D eigenvalue weighted by Crippen LogP contribution is 2.35. The zero-order chi connectivity index (χ0) is 14.1. The van der Waals surface area contributed by atoms with Gasteiger partial charge in [-0.15, -0.1) is 0 Å². The molecule has 1 aliphatic heterocycles. The lowest BCUT2D eigenvalue weighted by molar-refractivity contribution is 0.174. The minimum atomic E-state index is 0.307. The molecule has 0 bridgehead atoms. The van der Waals surface area contributed by atoms with E-state index in [0.717, 1.165) is 38.2 Å². The smallest absolute Gasteiger partial charge is 0.231 e. The number of benzene rings is 2. The fourth-order valence-corrected chi connectivity index (χ4v) is 3.81. The van der Waals surface area contributed by atoms with E-state index in [-0.39, 0.29) is 0 Å². The van der Waals surface area contributed by atoms with Crippen LogP contribution in [0.5, 0.6) is 11.5 Å². The van der Waals surface area contributed by atoms with E-state index in [1.807, 2.05) is 18.2 Å². The monoisotopic (exact) mass is 397 g/mol. The summed E-state index contributed by atoms with van der Waals surface area (Å²) in [5.41, 5.74) is 3.40. The molecule has 0 unspecified atom stereocenters. The summed E-state index contributed by atoms with van der Waals surface area (Å²) in [6, 6.07) is 10.2. The lowest BCUT2D eigenvalue weighted by atomic mass is 10.2. The summed E-state index contributed by atoms with van der Waals surface area (Å²) >= 11 is 7.17. The van der Waals surface area contributed by atoms with Crippen molar-refractivity contribution in [3.8, 4) is 11.5 Å². The van der Waals surface area contributed by atoms with E-state index < -0.39 is 0 Å². The molecule has 1 aliphatic rings. The van der Waals surface area contributed by atoms with Crippen molar-refractivity contribution in [2.24, 2.45) is 0 Å². The topological polar surface area (TPSA) is 30.5 Å². The third-order valence-electron chi connectivity index (χ3n) is 3.09. The number of aryl methyl sites for hydroxylation is 1. The average Bonchev–Trinajstić information content (AvgIpc) is 2.84. The first-order valence-electron chi connectivity index (χ1n) is 6.21. The van der Waals surface area contributed by atoms with Crippen LogP contribution >= 0.6 is 31.9 Å². The van der Waals surface area contributed by atoms with Gasteiger partial charge in [0.2, 0.25) is 6.79 Å². The van der Waals surface area contributed by atoms with Gasteiger partial charge in [-0.05, 0) is 74.2 Å². The van der Waals surface area contributed by atoms with Gasteiger partial charge in [0.15, 0.2) is 11.5 Å². The Morgan fingerprint density at radius 3 is 2.50 bits per heavy atom. The number of hydrogen-bond donors (Lipinski definition) is 1. The lowest BCUT2D eigenvalue weighted by Crippen LogP contribution is -2.01. The zero-order valence-corrected chi connectivity index (χ0v) is 14.0. The number of nitrogens with one attached hydrogen (secondary N) is 1. The number of anilines is 1. The van der Waals surface area contributed by atoms with E-state index in [2.05, 4.69) is 56.2 Å². The molecule has 0 saturated heterocycles. The minimum Gasteiger partial charge on any atom is -0.454 e. The lowest BCUT2D eigenvalue weighted by Gasteiger charge is -2.12. The molecule has 3 nitrogen and oxygen atoms in total. The molecule has 0 aliphatic carbocycles. The fraction of sp³-hybridized carbons (Fsp3) is 0.200. The maximum atomic E-state index is 5.39. The van der Waals surface area contributed by atoms with Crippen molar-refractivity contribution in [1.82, 2.24) is 0 Å². The highest BCUT2D eigenvalue weighted by atomic mass is 79.9. The standard InChI is InChI=1S/C15H13Br2NO2/c1-9-4-11(16)15(12(17)5-9)18-7-10-2-3-13-14(6-10)20-8-19-13/h2-6,18H,7-8H2,1H3. The Morgan fingerprint density at radius 2 is 1.75 bits per heavy atom. The van der Waals surface area contributed by atoms with Crippen molar-refractivity contribution in [3.63, 3.8) is 0 Å². The van der Waals surface area contributed by atoms with Gasteiger partial charge < -0.3 is 14.8 Å². The van der Waals surface area contributed by atoms with Crippen LogP contribution in [0.15, 0.2) is 39.3 Å². The Bertz CT molecular complexity index is 635. The van der Waals surface area contributed by atoms with Crippen LogP contribution in [-0.2, 0) is 6.54 Å². The molecule has 1 N–H and O–H groups in total. The van der Waals surface area contributed by atoms with Gasteiger partial charge in [0.1, 0.15) is 0 Å². The highest BCUT2D eigenvalue weighted by molar-refractivity contribution is 9.11. The van der Waals surface area contributed by atoms with Crippen LogP contribution in [0, 0.1) is 6.92 Å². The molecule has 0 saturated carbocycles. The van der Waals surface area contributed by atoms with Gasteiger partial charge in [0.25, 0.3) is 0 Å². The first-order valence-corrected chi connectivity index (χ1v) is 7.80. The predicted molar refractivity (Wildman–Crippen MR) is 86.5 cm³/mol. The summed E-state index contributed by atoms with van der Waals surface area (Å²) in [5, 5.41) is 3.43. The van der Waals surface area contributed by atoms with Gasteiger partial charge in [-0.1, -0.05) is 6.07 Å². The van der Waals surface area contributed by atoms with Crippen LogP contribution in [0.25, 0.3) is 0 Å². The molecule has 0 radical (unpaired) electrons. The third kappa shape index (κ3) is 2.79. The molecule has 1 heterocycles. The van der Waals surface area contributed by atoms with Crippen molar-refractivity contribution in [1.29, 1.82) is 0 Å². The zero-order valence-electron chi connectivity index (χ0n) is 10.9. The predicted octanol–water partition coefficient (Wildman–Crippen LogP) is 4.86. The average molecular weight is 399 g/mol. The van der Waals surface area contributed by atoms with Crippen molar-refractivity contribution in [2.45, 2.75) is 13.5 Å². The highest BCUT2D eigenvalue weighted by Gasteiger charge is 2.13. The molecule has 0 amide bonds. The van der Waals surface area contributed by atoms with Crippen molar-refractivity contribution >= 4 is 37.5 Å². The maximum absolute atomic E-state index is 5.39. The second-order valence-electron chi connectivity index (χ2n) is 4.64. The van der Waals surface area contributed by atoms with Crippen LogP contribution in [0.3, 0.4) is 0 Å². The number of halogens is 2. The van der Waals surface area contributed by atoms with Gasteiger partial charge >= 0.3 is 0 Å². The molecule has 0 fully saturated rings. The summed E-state index contributed by atoms with van der Waals surface area (Å²) in [6.45, 7) is 3.09. The van der Waals surface area contributed by atoms with Gasteiger partial charge in [0, 0.05) is 15.5 Å². The fourth-order valence-electron chi connectivity index (χ4n) is 2.11. The Balaban J connectivity index is 1.77. The van der Waals surface area contributed by atoms with Gasteiger partial charge in [-0.25, -0.2) is 0 Å². The van der Waals surface area contributed by atoms with E-state index in [9.17, 15) is 0 Å². The molecule has 2 aromatic carbocycles. The molecule has 0 aromatic heterocycles. The Morgan fingerprint density at radius 1 is 1.05 bits per heavy atom. The second-order valence-corrected chi connectivity index (χ2v) is 6.35. The number of rotatable bonds is 3. The molecular weight excluding hydrogens is 386 g/mol. The van der Waals surface area contributed by atoms with Gasteiger partial charge in [-0.2, -0.15) is 0 Å². The van der Waals surface area contributed by atoms with Crippen molar-refractivity contribution < 1.29 is 9.47 Å². The van der Waals surface area contributed by atoms with Crippen molar-refractivity contribution in [2.75, 3.05) is 12.1 Å². The Hall–Kier alpha value is -1.20. The van der Waals surface area contributed by atoms with E-state index in [4.69, 9.17) is 9.47 Å². The minimum absolute atomic E-state index is 0.307. The van der Waals surface area contributed by atoms with Crippen LogP contribution in [0.2, 0.25) is 0 Å². The molecule has 104 valence electrons. The number of ether oxygens (including phenoxy) is 2. The number of fused-ring (bicyclic) bond motifs is 1. The Kier molecular flexibility index (Phi) is 3.89. The first kappa shape index (κ1) is 13.8. The van der Waals surface area contributed by atoms with Crippen LogP contribution in [0.4, 0.5) is 5.69 Å². The van der Waals surface area contributed by atoms with E-state index in [1.165, 1.54) is 5.56 Å². The first-order chi connectivity index (χ1) is 9.63. The molecule has 20 heavy (non-hydrogen) atoms. The Labute approximate surface area is 134 Å². The molecule has 3 rings (SSSR count). The van der Waals surface area contributed by atoms with Crippen LogP contribution in [-0.4, -0.2) is 6.79 Å². The molecule has 0 atom stereocenters. The second kappa shape index (κ2) is 5.66. The normalized spacial score (nSPS) is 12.6. The van der Waals surface area contributed by atoms with E-state index in [0.29, 0.717) is 6.79 Å². The number of hydrogen-bond acceptors (Lipinski definition) is 3. The summed E-state index contributed by atoms with van der Waals surface area (Å²) in [5.74, 6) is 1.62. The maximum Gasteiger partial charge on any atom is 0.231 e. The SMILES string of the molecule is Cc1cc(Br)c(NCc2ccc3c(c2)OCO3)c(Br)c1. The van der Waals surface area contributed by atoms with Gasteiger partial charge in [0.05, 0.1) is 5.69 Å². The van der Waals surface area contributed by atoms with Crippen LogP contribution < -0.4 is 14.8 Å². The van der Waals surface area contributed by atoms with Gasteiger partial charge in [-0.3, -0.25) is 0 Å². The third-order valence-corrected chi connectivity index (χ3v) is 4.34.